The summed E-state index contributed by atoms with van der Waals surface area (Å²) in [7, 11) is 0. The zero-order valence-electron chi connectivity index (χ0n) is 14.7. The number of fused-ring (bicyclic) bond motifs is 1. The van der Waals surface area contributed by atoms with Gasteiger partial charge in [0, 0.05) is 23.2 Å². The first-order chi connectivity index (χ1) is 11.9. The smallest absolute Gasteiger partial charge is 0.303 e. The number of halogens is 1. The Balaban J connectivity index is 2.31. The molecule has 1 N–H and O–H groups in total. The molecule has 0 radical (unpaired) electrons. The molecule has 0 aliphatic carbocycles. The van der Waals surface area contributed by atoms with Crippen LogP contribution in [0.15, 0.2) is 42.5 Å². The number of hydrogen-bond donors (Lipinski definition) is 1. The zero-order chi connectivity index (χ0) is 18.1. The number of hydrogen-bond acceptors (Lipinski definition) is 1. The van der Waals surface area contributed by atoms with Crippen molar-refractivity contribution in [1.82, 2.24) is 4.57 Å². The maximum atomic E-state index is 13.7. The summed E-state index contributed by atoms with van der Waals surface area (Å²) in [5, 5.41) is 10.2. The minimum Gasteiger partial charge on any atom is -0.481 e. The molecule has 2 aromatic carbocycles. The second-order valence-corrected chi connectivity index (χ2v) is 6.70. The number of para-hydroxylation sites is 1. The van der Waals surface area contributed by atoms with Crippen LogP contribution in [0.1, 0.15) is 43.0 Å². The number of carbonyl (C=O) groups is 1. The van der Waals surface area contributed by atoms with Crippen molar-refractivity contribution < 1.29 is 14.3 Å². The number of aryl methyl sites for hydroxylation is 2. The average Bonchev–Trinajstić information content (AvgIpc) is 2.90. The fourth-order valence-electron chi connectivity index (χ4n) is 3.47. The summed E-state index contributed by atoms with van der Waals surface area (Å²) in [6.45, 7) is 5.96. The average molecular weight is 339 g/mol. The van der Waals surface area contributed by atoms with Crippen LogP contribution in [0.5, 0.6) is 0 Å². The van der Waals surface area contributed by atoms with Gasteiger partial charge >= 0.3 is 5.97 Å². The lowest BCUT2D eigenvalue weighted by atomic mass is 9.99. The second kappa shape index (κ2) is 6.71. The largest absolute Gasteiger partial charge is 0.481 e. The Morgan fingerprint density at radius 3 is 2.56 bits per heavy atom. The Morgan fingerprint density at radius 2 is 1.92 bits per heavy atom. The van der Waals surface area contributed by atoms with Crippen LogP contribution < -0.4 is 0 Å². The number of aliphatic carboxylic acids is 1. The number of benzene rings is 2. The van der Waals surface area contributed by atoms with Crippen LogP contribution in [-0.2, 0) is 11.2 Å². The SMILES string of the molecule is Cc1cc(-n2c(C(C)C)c(CCC(=O)O)c3ccccc32)ccc1F. The van der Waals surface area contributed by atoms with Gasteiger partial charge in [-0.25, -0.2) is 4.39 Å². The highest BCUT2D eigenvalue weighted by molar-refractivity contribution is 5.88. The van der Waals surface area contributed by atoms with E-state index in [-0.39, 0.29) is 18.2 Å². The van der Waals surface area contributed by atoms with E-state index >= 15 is 0 Å². The van der Waals surface area contributed by atoms with E-state index in [4.69, 9.17) is 5.11 Å². The second-order valence-electron chi connectivity index (χ2n) is 6.70. The van der Waals surface area contributed by atoms with Crippen molar-refractivity contribution in [2.45, 2.75) is 39.5 Å². The molecular formula is C21H22FNO2. The molecule has 0 unspecified atom stereocenters. The number of carboxylic acid groups (broad SMARTS) is 1. The van der Waals surface area contributed by atoms with Crippen molar-refractivity contribution in [2.75, 3.05) is 0 Å². The first-order valence-electron chi connectivity index (χ1n) is 8.50. The third kappa shape index (κ3) is 3.16. The van der Waals surface area contributed by atoms with Gasteiger partial charge in [-0.3, -0.25) is 4.79 Å². The fourth-order valence-corrected chi connectivity index (χ4v) is 3.47. The van der Waals surface area contributed by atoms with Gasteiger partial charge in [0.2, 0.25) is 0 Å². The van der Waals surface area contributed by atoms with Crippen molar-refractivity contribution >= 4 is 16.9 Å². The summed E-state index contributed by atoms with van der Waals surface area (Å²) in [5.41, 5.74) is 4.68. The van der Waals surface area contributed by atoms with Crippen LogP contribution in [-0.4, -0.2) is 15.6 Å². The normalized spacial score (nSPS) is 11.4. The van der Waals surface area contributed by atoms with E-state index in [2.05, 4.69) is 18.4 Å². The molecule has 0 atom stereocenters. The zero-order valence-corrected chi connectivity index (χ0v) is 14.7. The van der Waals surface area contributed by atoms with E-state index in [0.717, 1.165) is 27.8 Å². The number of carboxylic acids is 1. The molecular weight excluding hydrogens is 317 g/mol. The molecule has 0 spiro atoms. The van der Waals surface area contributed by atoms with E-state index in [1.165, 1.54) is 6.07 Å². The standard InChI is InChI=1S/C21H22FNO2/c1-13(2)21-17(9-11-20(24)25)16-6-4-5-7-19(16)23(21)15-8-10-18(22)14(3)12-15/h4-8,10,12-13H,9,11H2,1-3H3,(H,24,25). The molecule has 3 aromatic rings. The van der Waals surface area contributed by atoms with Gasteiger partial charge in [-0.2, -0.15) is 0 Å². The maximum Gasteiger partial charge on any atom is 0.303 e. The molecule has 25 heavy (non-hydrogen) atoms. The third-order valence-corrected chi connectivity index (χ3v) is 4.56. The van der Waals surface area contributed by atoms with Gasteiger partial charge in [-0.05, 0) is 54.7 Å². The first kappa shape index (κ1) is 17.2. The van der Waals surface area contributed by atoms with Gasteiger partial charge in [-0.15, -0.1) is 0 Å². The van der Waals surface area contributed by atoms with Gasteiger partial charge in [0.1, 0.15) is 5.82 Å². The van der Waals surface area contributed by atoms with Crippen molar-refractivity contribution in [2.24, 2.45) is 0 Å². The van der Waals surface area contributed by atoms with E-state index in [1.54, 1.807) is 13.0 Å². The molecule has 130 valence electrons. The molecule has 0 fully saturated rings. The minimum absolute atomic E-state index is 0.0934. The van der Waals surface area contributed by atoms with Gasteiger partial charge in [0.15, 0.2) is 0 Å². The molecule has 0 saturated carbocycles. The van der Waals surface area contributed by atoms with E-state index in [9.17, 15) is 9.18 Å². The summed E-state index contributed by atoms with van der Waals surface area (Å²) in [4.78, 5) is 11.1. The quantitative estimate of drug-likeness (QED) is 0.692. The van der Waals surface area contributed by atoms with Crippen LogP contribution >= 0.6 is 0 Å². The van der Waals surface area contributed by atoms with Gasteiger partial charge in [-0.1, -0.05) is 32.0 Å². The molecule has 0 aliphatic rings. The molecule has 0 aliphatic heterocycles. The molecule has 0 bridgehead atoms. The van der Waals surface area contributed by atoms with E-state index < -0.39 is 5.97 Å². The molecule has 4 heteroatoms. The summed E-state index contributed by atoms with van der Waals surface area (Å²) in [6, 6.07) is 13.1. The molecule has 3 rings (SSSR count). The maximum absolute atomic E-state index is 13.7. The Hall–Kier alpha value is -2.62. The highest BCUT2D eigenvalue weighted by atomic mass is 19.1. The molecule has 1 aromatic heterocycles. The van der Waals surface area contributed by atoms with E-state index in [1.807, 2.05) is 30.3 Å². The highest BCUT2D eigenvalue weighted by Crippen LogP contribution is 2.35. The number of rotatable bonds is 5. The van der Waals surface area contributed by atoms with Crippen molar-refractivity contribution in [3.63, 3.8) is 0 Å². The summed E-state index contributed by atoms with van der Waals surface area (Å²) in [6.07, 6.45) is 0.576. The van der Waals surface area contributed by atoms with Gasteiger partial charge in [0.05, 0.1) is 5.52 Å². The summed E-state index contributed by atoms with van der Waals surface area (Å²) < 4.78 is 15.9. The fraction of sp³-hybridized carbons (Fsp3) is 0.286. The van der Waals surface area contributed by atoms with Crippen molar-refractivity contribution in [3.05, 3.63) is 65.1 Å². The van der Waals surface area contributed by atoms with Crippen LogP contribution in [0.4, 0.5) is 4.39 Å². The summed E-state index contributed by atoms with van der Waals surface area (Å²) >= 11 is 0. The lowest BCUT2D eigenvalue weighted by Crippen LogP contribution is -2.06. The lowest BCUT2D eigenvalue weighted by Gasteiger charge is -2.16. The topological polar surface area (TPSA) is 42.2 Å². The number of nitrogens with zero attached hydrogens (tertiary/aromatic N) is 1. The summed E-state index contributed by atoms with van der Waals surface area (Å²) in [5.74, 6) is -0.817. The number of aromatic nitrogens is 1. The van der Waals surface area contributed by atoms with Gasteiger partial charge < -0.3 is 9.67 Å². The molecule has 0 saturated heterocycles. The van der Waals surface area contributed by atoms with Crippen LogP contribution in [0.25, 0.3) is 16.6 Å². The van der Waals surface area contributed by atoms with Gasteiger partial charge in [0.25, 0.3) is 0 Å². The van der Waals surface area contributed by atoms with Crippen LogP contribution in [0.2, 0.25) is 0 Å². The Labute approximate surface area is 146 Å². The molecule has 1 heterocycles. The molecule has 3 nitrogen and oxygen atoms in total. The monoisotopic (exact) mass is 339 g/mol. The van der Waals surface area contributed by atoms with Crippen molar-refractivity contribution in [3.8, 4) is 5.69 Å². The van der Waals surface area contributed by atoms with Crippen molar-refractivity contribution in [1.29, 1.82) is 0 Å². The highest BCUT2D eigenvalue weighted by Gasteiger charge is 2.21. The predicted molar refractivity (Wildman–Crippen MR) is 98.0 cm³/mol. The Morgan fingerprint density at radius 1 is 1.20 bits per heavy atom. The van der Waals surface area contributed by atoms with E-state index in [0.29, 0.717) is 12.0 Å². The van der Waals surface area contributed by atoms with Crippen LogP contribution in [0.3, 0.4) is 0 Å². The Kier molecular flexibility index (Phi) is 4.62. The first-order valence-corrected chi connectivity index (χ1v) is 8.50. The van der Waals surface area contributed by atoms with Crippen LogP contribution in [0, 0.1) is 12.7 Å². The molecule has 0 amide bonds. The predicted octanol–water partition coefficient (Wildman–Crippen LogP) is 5.22. The lowest BCUT2D eigenvalue weighted by molar-refractivity contribution is -0.136. The third-order valence-electron chi connectivity index (χ3n) is 4.56. The minimum atomic E-state index is -0.802. The Bertz CT molecular complexity index is 940.